The molecule has 4 saturated carbocycles. The van der Waals surface area contributed by atoms with Crippen LogP contribution in [-0.4, -0.2) is 223 Å². The fourth-order valence-corrected chi connectivity index (χ4v) is 16.7. The minimum absolute atomic E-state index is 0.111. The number of carbonyl (C=O) groups excluding carboxylic acids is 3. The number of aliphatic hydroxyl groups is 10. The molecule has 9 aliphatic rings. The van der Waals surface area contributed by atoms with Crippen molar-refractivity contribution in [1.82, 2.24) is 0 Å². The van der Waals surface area contributed by atoms with Gasteiger partial charge in [0.05, 0.1) is 42.9 Å². The van der Waals surface area contributed by atoms with Crippen molar-refractivity contribution in [3.8, 4) is 0 Å². The lowest BCUT2D eigenvalue weighted by atomic mass is 9.33. The Morgan fingerprint density at radius 3 is 1.91 bits per heavy atom. The van der Waals surface area contributed by atoms with E-state index in [1.54, 1.807) is 6.92 Å². The SMILES string of the molecule is CC(=O)O[C@H]1[C@H](OC2CCC3(C)C(CCC4(C)C3CC=C3C5CC(C)(C(=O)O)CCC5(C(=O)O[C@@H]5O[C@H](CO[C@@H]6O[C@H](CO)[C@@H](O[C@@H]7O[C@H](C)[C@@H](O)[C@@H](O)[C@H]7O)[C@@H](O)[C@H]6O)[C@@H](O)[C@@H](O)[C@H]5O)CCC34C)C2(C)C)OC[C@@H](OC(C)=O)[C@H]1O. The average molecular weight is 1170 g/mol. The third-order valence-corrected chi connectivity index (χ3v) is 21.8. The third kappa shape index (κ3) is 10.7. The van der Waals surface area contributed by atoms with Gasteiger partial charge in [-0.3, -0.25) is 19.2 Å². The third-order valence-electron chi connectivity index (χ3n) is 21.8. The summed E-state index contributed by atoms with van der Waals surface area (Å²) in [6.07, 6.45) is -23.5. The van der Waals surface area contributed by atoms with Crippen LogP contribution in [0.5, 0.6) is 0 Å². The molecule has 82 heavy (non-hydrogen) atoms. The van der Waals surface area contributed by atoms with Gasteiger partial charge in [-0.25, -0.2) is 0 Å². The molecule has 0 aromatic carbocycles. The Kier molecular flexibility index (Phi) is 18.0. The maximum Gasteiger partial charge on any atom is 0.315 e. The van der Waals surface area contributed by atoms with Crippen LogP contribution in [0.4, 0.5) is 0 Å². The van der Waals surface area contributed by atoms with Crippen molar-refractivity contribution in [3.05, 3.63) is 11.6 Å². The molecule has 9 unspecified atom stereocenters. The highest BCUT2D eigenvalue weighted by Crippen LogP contribution is 2.76. The van der Waals surface area contributed by atoms with Gasteiger partial charge in [-0.15, -0.1) is 0 Å². The Labute approximate surface area is 476 Å². The summed E-state index contributed by atoms with van der Waals surface area (Å²) < 4.78 is 58.3. The van der Waals surface area contributed by atoms with Gasteiger partial charge in [-0.1, -0.05) is 46.3 Å². The van der Waals surface area contributed by atoms with Crippen molar-refractivity contribution in [2.45, 2.75) is 249 Å². The van der Waals surface area contributed by atoms with Crippen LogP contribution in [0.2, 0.25) is 0 Å². The maximum atomic E-state index is 15.2. The van der Waals surface area contributed by atoms with E-state index in [0.29, 0.717) is 25.7 Å². The molecule has 25 nitrogen and oxygen atoms in total. The van der Waals surface area contributed by atoms with Crippen molar-refractivity contribution >= 4 is 23.9 Å². The van der Waals surface area contributed by atoms with Crippen LogP contribution < -0.4 is 0 Å². The van der Waals surface area contributed by atoms with Gasteiger partial charge >= 0.3 is 23.9 Å². The normalized spacial score (nSPS) is 50.9. The molecule has 0 bridgehead atoms. The molecule has 5 aliphatic carbocycles. The number of carbonyl (C=O) groups is 4. The molecule has 8 fully saturated rings. The second-order valence-electron chi connectivity index (χ2n) is 26.7. The molecule has 4 heterocycles. The van der Waals surface area contributed by atoms with E-state index < -0.39 is 181 Å². The number of ether oxygens (including phenoxy) is 10. The standard InChI is InChI=1S/C57H88O25/c1-24-35(61)38(64)41(67)47(75-24)81-44-29(21-58)78-46(43(69)40(44)66)73-22-30-36(62)39(65)42(68)48(79-30)82-51(72)57-18-16-53(6,50(70)71)20-28(57)27-10-11-33-54(7)14-13-34(52(4,5)32(54)12-15-56(33,9)55(27,8)17-19-57)80-49-45(77-26(3)60)37(63)31(23-74-49)76-25(2)59/h10,24,28-49,58,61-69H,11-23H2,1-9H3,(H,70,71)/t24-,28?,29-,30-,31-,32?,33?,34?,35-,36-,37-,38-,39-,40+,41-,42-,43-,44-,45-,46-,47+,48+,49+,53?,54?,55?,56?,57?/m1/s1. The molecule has 4 saturated heterocycles. The lowest BCUT2D eigenvalue weighted by Crippen LogP contribution is -2.66. The van der Waals surface area contributed by atoms with Crippen molar-refractivity contribution in [2.24, 2.45) is 50.2 Å². The Morgan fingerprint density at radius 1 is 0.622 bits per heavy atom. The second kappa shape index (κ2) is 23.2. The zero-order chi connectivity index (χ0) is 60.1. The molecule has 0 radical (unpaired) electrons. The molecule has 25 heteroatoms. The smallest absolute Gasteiger partial charge is 0.315 e. The molecule has 0 aromatic rings. The summed E-state index contributed by atoms with van der Waals surface area (Å²) in [6.45, 7) is 15.1. The maximum absolute atomic E-state index is 15.2. The monoisotopic (exact) mass is 1170 g/mol. The van der Waals surface area contributed by atoms with Gasteiger partial charge in [0, 0.05) is 13.8 Å². The van der Waals surface area contributed by atoms with E-state index in [4.69, 9.17) is 47.4 Å². The summed E-state index contributed by atoms with van der Waals surface area (Å²) in [6, 6.07) is 0. The Morgan fingerprint density at radius 2 is 1.26 bits per heavy atom. The van der Waals surface area contributed by atoms with E-state index in [1.165, 1.54) is 20.8 Å². The highest BCUT2D eigenvalue weighted by atomic mass is 16.8. The van der Waals surface area contributed by atoms with E-state index in [9.17, 15) is 70.6 Å². The highest BCUT2D eigenvalue weighted by molar-refractivity contribution is 5.81. The van der Waals surface area contributed by atoms with E-state index in [0.717, 1.165) is 24.8 Å². The second-order valence-corrected chi connectivity index (χ2v) is 26.7. The molecule has 9 rings (SSSR count). The number of aliphatic carboxylic acids is 1. The predicted octanol–water partition coefficient (Wildman–Crippen LogP) is -0.162. The van der Waals surface area contributed by atoms with Gasteiger partial charge in [0.15, 0.2) is 31.1 Å². The molecule has 28 atom stereocenters. The molecule has 0 amide bonds. The number of carboxylic acids is 1. The number of aliphatic hydroxyl groups excluding tert-OH is 10. The average Bonchev–Trinajstić information content (AvgIpc) is 3.19. The summed E-state index contributed by atoms with van der Waals surface area (Å²) >= 11 is 0. The van der Waals surface area contributed by atoms with E-state index >= 15 is 4.79 Å². The summed E-state index contributed by atoms with van der Waals surface area (Å²) in [5.41, 5.74) is -3.07. The lowest BCUT2D eigenvalue weighted by molar-refractivity contribution is -0.361. The lowest BCUT2D eigenvalue weighted by Gasteiger charge is -2.71. The minimum atomic E-state index is -1.97. The topological polar surface area (TPSA) is 383 Å². The molecular formula is C57H88O25. The van der Waals surface area contributed by atoms with Crippen molar-refractivity contribution < 1.29 is 123 Å². The zero-order valence-corrected chi connectivity index (χ0v) is 48.2. The summed E-state index contributed by atoms with van der Waals surface area (Å²) in [5, 5.41) is 119. The molecular weight excluding hydrogens is 1080 g/mol. The number of allylic oxidation sites excluding steroid dienone is 2. The van der Waals surface area contributed by atoms with Crippen LogP contribution in [-0.2, 0) is 66.5 Å². The quantitative estimate of drug-likeness (QED) is 0.0494. The van der Waals surface area contributed by atoms with Crippen LogP contribution in [0.25, 0.3) is 0 Å². The Hall–Kier alpha value is -3.06. The number of esters is 3. The number of carboxylic acid groups (broad SMARTS) is 1. The number of rotatable bonds is 13. The first kappa shape index (κ1) is 63.4. The van der Waals surface area contributed by atoms with Gasteiger partial charge in [0.2, 0.25) is 6.29 Å². The van der Waals surface area contributed by atoms with E-state index in [1.807, 2.05) is 0 Å². The van der Waals surface area contributed by atoms with Crippen LogP contribution in [0.3, 0.4) is 0 Å². The predicted molar refractivity (Wildman–Crippen MR) is 276 cm³/mol. The van der Waals surface area contributed by atoms with Gasteiger partial charge in [-0.05, 0) is 117 Å². The van der Waals surface area contributed by atoms with E-state index in [-0.39, 0.29) is 54.6 Å². The van der Waals surface area contributed by atoms with Crippen LogP contribution in [0, 0.1) is 50.2 Å². The fourth-order valence-electron chi connectivity index (χ4n) is 16.7. The van der Waals surface area contributed by atoms with Crippen molar-refractivity contribution in [2.75, 3.05) is 19.8 Å². The molecule has 0 aromatic heterocycles. The van der Waals surface area contributed by atoms with Crippen molar-refractivity contribution in [1.29, 1.82) is 0 Å². The summed E-state index contributed by atoms with van der Waals surface area (Å²) in [4.78, 5) is 52.4. The van der Waals surface area contributed by atoms with Crippen LogP contribution in [0.1, 0.15) is 127 Å². The minimum Gasteiger partial charge on any atom is -0.481 e. The molecule has 4 aliphatic heterocycles. The molecule has 466 valence electrons. The van der Waals surface area contributed by atoms with Gasteiger partial charge < -0.3 is 104 Å². The highest BCUT2D eigenvalue weighted by Gasteiger charge is 2.71. The first-order valence-corrected chi connectivity index (χ1v) is 29.0. The number of hydrogen-bond acceptors (Lipinski definition) is 24. The number of fused-ring (bicyclic) bond motifs is 7. The van der Waals surface area contributed by atoms with E-state index in [2.05, 4.69) is 40.7 Å². The first-order valence-electron chi connectivity index (χ1n) is 29.0. The number of hydrogen-bond donors (Lipinski definition) is 11. The van der Waals surface area contributed by atoms with Crippen LogP contribution >= 0.6 is 0 Å². The first-order chi connectivity index (χ1) is 38.3. The Bertz CT molecular complexity index is 2390. The van der Waals surface area contributed by atoms with Gasteiger partial charge in [0.1, 0.15) is 73.2 Å². The summed E-state index contributed by atoms with van der Waals surface area (Å²) in [5.74, 6) is -3.41. The molecule has 11 N–H and O–H groups in total. The van der Waals surface area contributed by atoms with Crippen LogP contribution in [0.15, 0.2) is 11.6 Å². The van der Waals surface area contributed by atoms with Gasteiger partial charge in [0.25, 0.3) is 0 Å². The fraction of sp³-hybridized carbons (Fsp3) is 0.895. The zero-order valence-electron chi connectivity index (χ0n) is 48.2. The molecule has 0 spiro atoms. The van der Waals surface area contributed by atoms with Crippen molar-refractivity contribution in [3.63, 3.8) is 0 Å². The largest absolute Gasteiger partial charge is 0.481 e. The van der Waals surface area contributed by atoms with Gasteiger partial charge in [-0.2, -0.15) is 0 Å². The summed E-state index contributed by atoms with van der Waals surface area (Å²) in [7, 11) is 0. The Balaban J connectivity index is 0.909.